The molecule has 2 rings (SSSR count). The van der Waals surface area contributed by atoms with Crippen molar-refractivity contribution in [2.45, 2.75) is 52.6 Å². The van der Waals surface area contributed by atoms with Crippen LogP contribution >= 0.6 is 0 Å². The molecule has 1 heterocycles. The van der Waals surface area contributed by atoms with Crippen LogP contribution in [0.3, 0.4) is 0 Å². The van der Waals surface area contributed by atoms with Gasteiger partial charge >= 0.3 is 0 Å². The lowest BCUT2D eigenvalue weighted by Crippen LogP contribution is -2.33. The molecular weight excluding hydrogens is 258 g/mol. The van der Waals surface area contributed by atoms with Crippen molar-refractivity contribution >= 4 is 0 Å². The standard InChI is InChI=1S/C18H27N3/c1-5-16-12-17(21(6-2)20-16)13-19-14-18(3,4)15-10-8-7-9-11-15/h7-12,19H,5-6,13-14H2,1-4H3. The molecule has 3 nitrogen and oxygen atoms in total. The third-order valence-electron chi connectivity index (χ3n) is 4.00. The fraction of sp³-hybridized carbons (Fsp3) is 0.500. The Balaban J connectivity index is 1.96. The Morgan fingerprint density at radius 3 is 2.48 bits per heavy atom. The van der Waals surface area contributed by atoms with Gasteiger partial charge < -0.3 is 5.32 Å². The number of benzene rings is 1. The van der Waals surface area contributed by atoms with Crippen LogP contribution in [0.25, 0.3) is 0 Å². The molecular formula is C18H27N3. The minimum Gasteiger partial charge on any atom is -0.310 e. The smallest absolute Gasteiger partial charge is 0.0625 e. The third-order valence-corrected chi connectivity index (χ3v) is 4.00. The van der Waals surface area contributed by atoms with Crippen molar-refractivity contribution in [3.8, 4) is 0 Å². The molecule has 0 spiro atoms. The molecule has 3 heteroatoms. The highest BCUT2D eigenvalue weighted by molar-refractivity contribution is 5.24. The van der Waals surface area contributed by atoms with Crippen LogP contribution in [0.4, 0.5) is 0 Å². The van der Waals surface area contributed by atoms with Crippen molar-refractivity contribution < 1.29 is 0 Å². The van der Waals surface area contributed by atoms with E-state index in [1.54, 1.807) is 0 Å². The Kier molecular flexibility index (Phi) is 5.18. The first-order valence-corrected chi connectivity index (χ1v) is 7.88. The van der Waals surface area contributed by atoms with Gasteiger partial charge in [0, 0.05) is 25.0 Å². The molecule has 1 aromatic heterocycles. The van der Waals surface area contributed by atoms with Crippen LogP contribution in [0.5, 0.6) is 0 Å². The number of aromatic nitrogens is 2. The topological polar surface area (TPSA) is 29.9 Å². The summed E-state index contributed by atoms with van der Waals surface area (Å²) in [5.41, 5.74) is 3.95. The Bertz CT molecular complexity index is 555. The molecule has 0 unspecified atom stereocenters. The molecule has 0 aliphatic rings. The normalized spacial score (nSPS) is 11.8. The lowest BCUT2D eigenvalue weighted by molar-refractivity contribution is 0.459. The van der Waals surface area contributed by atoms with Gasteiger partial charge in [-0.25, -0.2) is 0 Å². The van der Waals surface area contributed by atoms with Gasteiger partial charge in [0.1, 0.15) is 0 Å². The van der Waals surface area contributed by atoms with Crippen LogP contribution in [-0.2, 0) is 24.9 Å². The fourth-order valence-electron chi connectivity index (χ4n) is 2.60. The number of nitrogens with zero attached hydrogens (tertiary/aromatic N) is 2. The van der Waals surface area contributed by atoms with E-state index in [4.69, 9.17) is 0 Å². The second kappa shape index (κ2) is 6.90. The summed E-state index contributed by atoms with van der Waals surface area (Å²) in [6.07, 6.45) is 0.996. The number of hydrogen-bond donors (Lipinski definition) is 1. The summed E-state index contributed by atoms with van der Waals surface area (Å²) in [5, 5.41) is 8.19. The number of nitrogens with one attached hydrogen (secondary N) is 1. The highest BCUT2D eigenvalue weighted by Gasteiger charge is 2.19. The highest BCUT2D eigenvalue weighted by Crippen LogP contribution is 2.21. The van der Waals surface area contributed by atoms with Crippen molar-refractivity contribution in [2.24, 2.45) is 0 Å². The van der Waals surface area contributed by atoms with Gasteiger partial charge in [-0.05, 0) is 25.0 Å². The molecule has 0 saturated heterocycles. The highest BCUT2D eigenvalue weighted by atomic mass is 15.3. The minimum absolute atomic E-state index is 0.131. The molecule has 0 aliphatic heterocycles. The average molecular weight is 285 g/mol. The largest absolute Gasteiger partial charge is 0.310 e. The van der Waals surface area contributed by atoms with Gasteiger partial charge in [0.05, 0.1) is 11.4 Å². The van der Waals surface area contributed by atoms with Crippen LogP contribution in [0, 0.1) is 0 Å². The number of rotatable bonds is 7. The minimum atomic E-state index is 0.131. The van der Waals surface area contributed by atoms with Crippen LogP contribution in [-0.4, -0.2) is 16.3 Å². The van der Waals surface area contributed by atoms with Gasteiger partial charge in [-0.15, -0.1) is 0 Å². The first-order valence-electron chi connectivity index (χ1n) is 7.88. The monoisotopic (exact) mass is 285 g/mol. The molecule has 0 amide bonds. The van der Waals surface area contributed by atoms with E-state index in [0.717, 1.165) is 26.1 Å². The Morgan fingerprint density at radius 2 is 1.86 bits per heavy atom. The zero-order valence-corrected chi connectivity index (χ0v) is 13.7. The molecule has 0 bridgehead atoms. The molecule has 21 heavy (non-hydrogen) atoms. The summed E-state index contributed by atoms with van der Waals surface area (Å²) in [4.78, 5) is 0. The van der Waals surface area contributed by atoms with Crippen LogP contribution < -0.4 is 5.32 Å². The molecule has 0 aliphatic carbocycles. The molecule has 0 fully saturated rings. The molecule has 0 radical (unpaired) electrons. The van der Waals surface area contributed by atoms with E-state index < -0.39 is 0 Å². The van der Waals surface area contributed by atoms with Gasteiger partial charge in [0.25, 0.3) is 0 Å². The van der Waals surface area contributed by atoms with Crippen LogP contribution in [0.2, 0.25) is 0 Å². The molecule has 0 saturated carbocycles. The Labute approximate surface area is 128 Å². The summed E-state index contributed by atoms with van der Waals surface area (Å²) >= 11 is 0. The SMILES string of the molecule is CCc1cc(CNCC(C)(C)c2ccccc2)n(CC)n1. The maximum absolute atomic E-state index is 4.60. The van der Waals surface area contributed by atoms with Crippen molar-refractivity contribution in [1.82, 2.24) is 15.1 Å². The van der Waals surface area contributed by atoms with E-state index in [2.05, 4.69) is 79.2 Å². The second-order valence-electron chi connectivity index (χ2n) is 6.15. The van der Waals surface area contributed by atoms with E-state index in [9.17, 15) is 0 Å². The zero-order chi connectivity index (χ0) is 15.3. The van der Waals surface area contributed by atoms with Gasteiger partial charge in [-0.2, -0.15) is 5.10 Å². The van der Waals surface area contributed by atoms with E-state index in [0.29, 0.717) is 0 Å². The van der Waals surface area contributed by atoms with E-state index in [1.807, 2.05) is 0 Å². The lowest BCUT2D eigenvalue weighted by atomic mass is 9.84. The van der Waals surface area contributed by atoms with Crippen molar-refractivity contribution in [2.75, 3.05) is 6.54 Å². The Hall–Kier alpha value is -1.61. The van der Waals surface area contributed by atoms with Gasteiger partial charge in [0.15, 0.2) is 0 Å². The number of hydrogen-bond acceptors (Lipinski definition) is 2. The Morgan fingerprint density at radius 1 is 1.14 bits per heavy atom. The summed E-state index contributed by atoms with van der Waals surface area (Å²) in [7, 11) is 0. The first-order chi connectivity index (χ1) is 10.1. The van der Waals surface area contributed by atoms with Gasteiger partial charge in [0.2, 0.25) is 0 Å². The zero-order valence-electron chi connectivity index (χ0n) is 13.7. The maximum Gasteiger partial charge on any atom is 0.0625 e. The van der Waals surface area contributed by atoms with E-state index in [-0.39, 0.29) is 5.41 Å². The first kappa shape index (κ1) is 15.8. The van der Waals surface area contributed by atoms with Crippen molar-refractivity contribution in [3.05, 3.63) is 53.3 Å². The summed E-state index contributed by atoms with van der Waals surface area (Å²) in [6, 6.07) is 12.9. The average Bonchev–Trinajstić information content (AvgIpc) is 2.90. The molecule has 0 atom stereocenters. The molecule has 1 N–H and O–H groups in total. The molecule has 114 valence electrons. The van der Waals surface area contributed by atoms with Crippen molar-refractivity contribution in [1.29, 1.82) is 0 Å². The van der Waals surface area contributed by atoms with Gasteiger partial charge in [-0.1, -0.05) is 51.1 Å². The van der Waals surface area contributed by atoms with E-state index >= 15 is 0 Å². The van der Waals surface area contributed by atoms with Crippen LogP contribution in [0.15, 0.2) is 36.4 Å². The summed E-state index contributed by atoms with van der Waals surface area (Å²) < 4.78 is 2.10. The fourth-order valence-corrected chi connectivity index (χ4v) is 2.60. The van der Waals surface area contributed by atoms with Gasteiger partial charge in [-0.3, -0.25) is 4.68 Å². The summed E-state index contributed by atoms with van der Waals surface area (Å²) in [6.45, 7) is 11.6. The molecule has 1 aromatic carbocycles. The van der Waals surface area contributed by atoms with E-state index in [1.165, 1.54) is 17.0 Å². The quantitative estimate of drug-likeness (QED) is 0.843. The predicted molar refractivity (Wildman–Crippen MR) is 88.5 cm³/mol. The van der Waals surface area contributed by atoms with Crippen LogP contribution in [0.1, 0.15) is 44.6 Å². The summed E-state index contributed by atoms with van der Waals surface area (Å²) in [5.74, 6) is 0. The predicted octanol–water partition coefficient (Wildman–Crippen LogP) is 3.53. The third kappa shape index (κ3) is 3.94. The molecule has 2 aromatic rings. The maximum atomic E-state index is 4.60. The number of aryl methyl sites for hydroxylation is 2. The second-order valence-corrected chi connectivity index (χ2v) is 6.15. The van der Waals surface area contributed by atoms with Crippen molar-refractivity contribution in [3.63, 3.8) is 0 Å². The lowest BCUT2D eigenvalue weighted by Gasteiger charge is -2.25.